The zero-order valence-electron chi connectivity index (χ0n) is 15.4. The standard InChI is InChI=1S/C22H18N4O2/c1-14-6-8-17(9-7-14)26-13-16(12-19(26)27)21-24-22(28-25-21)20-18-5-3-2-4-15(18)10-11-23-20/h2-11,16H,12-13H2,1H3/t16-/m1/s1. The summed E-state index contributed by atoms with van der Waals surface area (Å²) in [5.74, 6) is 0.908. The Labute approximate surface area is 161 Å². The number of nitrogens with zero attached hydrogens (tertiary/aromatic N) is 4. The number of fused-ring (bicyclic) bond motifs is 1. The minimum Gasteiger partial charge on any atom is -0.332 e. The van der Waals surface area contributed by atoms with E-state index in [1.807, 2.05) is 61.5 Å². The van der Waals surface area contributed by atoms with Crippen LogP contribution in [0.1, 0.15) is 23.7 Å². The summed E-state index contributed by atoms with van der Waals surface area (Å²) in [4.78, 5) is 23.3. The van der Waals surface area contributed by atoms with Crippen molar-refractivity contribution in [3.05, 3.63) is 72.2 Å². The van der Waals surface area contributed by atoms with Crippen LogP contribution in [-0.2, 0) is 4.79 Å². The SMILES string of the molecule is Cc1ccc(N2C[C@H](c3noc(-c4nccc5ccccc45)n3)CC2=O)cc1. The first-order chi connectivity index (χ1) is 13.7. The van der Waals surface area contributed by atoms with Gasteiger partial charge in [-0.25, -0.2) is 0 Å². The Bertz CT molecular complexity index is 1160. The minimum atomic E-state index is -0.0960. The van der Waals surface area contributed by atoms with E-state index in [-0.39, 0.29) is 11.8 Å². The number of carbonyl (C=O) groups is 1. The number of aromatic nitrogens is 3. The minimum absolute atomic E-state index is 0.0727. The van der Waals surface area contributed by atoms with Crippen molar-refractivity contribution in [1.82, 2.24) is 15.1 Å². The van der Waals surface area contributed by atoms with Crippen LogP contribution in [0.3, 0.4) is 0 Å². The number of amides is 1. The van der Waals surface area contributed by atoms with Crippen molar-refractivity contribution in [2.24, 2.45) is 0 Å². The van der Waals surface area contributed by atoms with Gasteiger partial charge in [-0.15, -0.1) is 0 Å². The second kappa shape index (κ2) is 6.56. The molecule has 0 spiro atoms. The van der Waals surface area contributed by atoms with Crippen molar-refractivity contribution in [2.75, 3.05) is 11.4 Å². The third-order valence-electron chi connectivity index (χ3n) is 5.15. The third kappa shape index (κ3) is 2.83. The molecular formula is C22H18N4O2. The lowest BCUT2D eigenvalue weighted by Gasteiger charge is -2.16. The monoisotopic (exact) mass is 370 g/mol. The summed E-state index contributed by atoms with van der Waals surface area (Å²) < 4.78 is 5.51. The number of rotatable bonds is 3. The maximum atomic E-state index is 12.5. The van der Waals surface area contributed by atoms with E-state index in [2.05, 4.69) is 15.1 Å². The molecule has 1 aliphatic heterocycles. The van der Waals surface area contributed by atoms with Gasteiger partial charge in [-0.3, -0.25) is 9.78 Å². The Balaban J connectivity index is 1.44. The van der Waals surface area contributed by atoms with Crippen LogP contribution in [-0.4, -0.2) is 27.6 Å². The summed E-state index contributed by atoms with van der Waals surface area (Å²) in [5, 5.41) is 6.18. The lowest BCUT2D eigenvalue weighted by atomic mass is 10.1. The number of pyridine rings is 1. The van der Waals surface area contributed by atoms with Crippen LogP contribution in [0, 0.1) is 6.92 Å². The molecule has 6 nitrogen and oxygen atoms in total. The molecule has 28 heavy (non-hydrogen) atoms. The Morgan fingerprint density at radius 1 is 1.07 bits per heavy atom. The zero-order valence-corrected chi connectivity index (χ0v) is 15.4. The number of carbonyl (C=O) groups excluding carboxylic acids is 1. The highest BCUT2D eigenvalue weighted by atomic mass is 16.5. The molecule has 0 radical (unpaired) electrons. The van der Waals surface area contributed by atoms with Gasteiger partial charge in [0, 0.05) is 36.2 Å². The fourth-order valence-corrected chi connectivity index (χ4v) is 3.64. The normalized spacial score (nSPS) is 16.8. The molecule has 1 saturated heterocycles. The second-order valence-electron chi connectivity index (χ2n) is 7.08. The molecule has 6 heteroatoms. The van der Waals surface area contributed by atoms with Crippen molar-refractivity contribution >= 4 is 22.4 Å². The number of anilines is 1. The number of hydrogen-bond donors (Lipinski definition) is 0. The van der Waals surface area contributed by atoms with E-state index in [0.29, 0.717) is 30.4 Å². The first kappa shape index (κ1) is 16.6. The van der Waals surface area contributed by atoms with E-state index in [9.17, 15) is 4.79 Å². The number of benzene rings is 2. The van der Waals surface area contributed by atoms with Crippen LogP contribution in [0.25, 0.3) is 22.4 Å². The van der Waals surface area contributed by atoms with Crippen LogP contribution >= 0.6 is 0 Å². The van der Waals surface area contributed by atoms with Crippen LogP contribution in [0.15, 0.2) is 65.3 Å². The average Bonchev–Trinajstić information content (AvgIpc) is 3.35. The molecule has 2 aromatic heterocycles. The van der Waals surface area contributed by atoms with Crippen molar-refractivity contribution < 1.29 is 9.32 Å². The quantitative estimate of drug-likeness (QED) is 0.543. The van der Waals surface area contributed by atoms with Gasteiger partial charge in [-0.1, -0.05) is 47.1 Å². The molecular weight excluding hydrogens is 352 g/mol. The molecule has 138 valence electrons. The van der Waals surface area contributed by atoms with Crippen molar-refractivity contribution in [2.45, 2.75) is 19.3 Å². The van der Waals surface area contributed by atoms with Gasteiger partial charge >= 0.3 is 0 Å². The highest BCUT2D eigenvalue weighted by molar-refractivity contribution is 5.96. The smallest absolute Gasteiger partial charge is 0.277 e. The van der Waals surface area contributed by atoms with Gasteiger partial charge in [0.15, 0.2) is 5.82 Å². The molecule has 1 aliphatic rings. The van der Waals surface area contributed by atoms with Crippen molar-refractivity contribution in [3.63, 3.8) is 0 Å². The first-order valence-corrected chi connectivity index (χ1v) is 9.24. The molecule has 0 unspecified atom stereocenters. The highest BCUT2D eigenvalue weighted by Gasteiger charge is 2.34. The topological polar surface area (TPSA) is 72.1 Å². The predicted octanol–water partition coefficient (Wildman–Crippen LogP) is 4.11. The summed E-state index contributed by atoms with van der Waals surface area (Å²) in [6.07, 6.45) is 2.11. The lowest BCUT2D eigenvalue weighted by Crippen LogP contribution is -2.24. The Morgan fingerprint density at radius 2 is 1.89 bits per heavy atom. The first-order valence-electron chi connectivity index (χ1n) is 9.24. The maximum Gasteiger partial charge on any atom is 0.277 e. The molecule has 1 fully saturated rings. The maximum absolute atomic E-state index is 12.5. The fraction of sp³-hybridized carbons (Fsp3) is 0.182. The second-order valence-corrected chi connectivity index (χ2v) is 7.08. The number of hydrogen-bond acceptors (Lipinski definition) is 5. The molecule has 1 atom stereocenters. The van der Waals surface area contributed by atoms with E-state index in [0.717, 1.165) is 22.0 Å². The largest absolute Gasteiger partial charge is 0.332 e. The van der Waals surface area contributed by atoms with Crippen LogP contribution in [0.4, 0.5) is 5.69 Å². The molecule has 5 rings (SSSR count). The molecule has 0 N–H and O–H groups in total. The fourth-order valence-electron chi connectivity index (χ4n) is 3.64. The summed E-state index contributed by atoms with van der Waals surface area (Å²) in [6.45, 7) is 2.57. The van der Waals surface area contributed by atoms with Crippen molar-refractivity contribution in [1.29, 1.82) is 0 Å². The van der Waals surface area contributed by atoms with Gasteiger partial charge in [0.2, 0.25) is 5.91 Å². The van der Waals surface area contributed by atoms with Gasteiger partial charge in [-0.2, -0.15) is 4.98 Å². The van der Waals surface area contributed by atoms with E-state index >= 15 is 0 Å². The summed E-state index contributed by atoms with van der Waals surface area (Å²) in [7, 11) is 0. The molecule has 0 saturated carbocycles. The Hall–Kier alpha value is -3.54. The molecule has 3 heterocycles. The molecule has 4 aromatic rings. The summed E-state index contributed by atoms with van der Waals surface area (Å²) >= 11 is 0. The number of aryl methyl sites for hydroxylation is 1. The lowest BCUT2D eigenvalue weighted by molar-refractivity contribution is -0.117. The summed E-state index contributed by atoms with van der Waals surface area (Å²) in [5.41, 5.74) is 2.73. The van der Waals surface area contributed by atoms with E-state index in [1.165, 1.54) is 0 Å². The Kier molecular flexibility index (Phi) is 3.90. The van der Waals surface area contributed by atoms with E-state index in [1.54, 1.807) is 11.1 Å². The van der Waals surface area contributed by atoms with E-state index in [4.69, 9.17) is 4.52 Å². The van der Waals surface area contributed by atoms with Crippen molar-refractivity contribution in [3.8, 4) is 11.6 Å². The van der Waals surface area contributed by atoms with Crippen LogP contribution in [0.2, 0.25) is 0 Å². The van der Waals surface area contributed by atoms with Crippen LogP contribution in [0.5, 0.6) is 0 Å². The van der Waals surface area contributed by atoms with Gasteiger partial charge < -0.3 is 9.42 Å². The van der Waals surface area contributed by atoms with E-state index < -0.39 is 0 Å². The highest BCUT2D eigenvalue weighted by Crippen LogP contribution is 2.32. The molecule has 2 aromatic carbocycles. The molecule has 1 amide bonds. The van der Waals surface area contributed by atoms with Gasteiger partial charge in [-0.05, 0) is 30.5 Å². The Morgan fingerprint density at radius 3 is 2.75 bits per heavy atom. The molecule has 0 aliphatic carbocycles. The predicted molar refractivity (Wildman–Crippen MR) is 106 cm³/mol. The van der Waals surface area contributed by atoms with Gasteiger partial charge in [0.1, 0.15) is 5.69 Å². The average molecular weight is 370 g/mol. The van der Waals surface area contributed by atoms with Crippen LogP contribution < -0.4 is 4.90 Å². The molecule has 0 bridgehead atoms. The van der Waals surface area contributed by atoms with Gasteiger partial charge in [0.05, 0.1) is 0 Å². The summed E-state index contributed by atoms with van der Waals surface area (Å²) in [6, 6.07) is 17.9. The third-order valence-corrected chi connectivity index (χ3v) is 5.15. The zero-order chi connectivity index (χ0) is 19.1. The van der Waals surface area contributed by atoms with Gasteiger partial charge in [0.25, 0.3) is 5.89 Å².